The Labute approximate surface area is 173 Å². The Morgan fingerprint density at radius 3 is 2.90 bits per heavy atom. The number of esters is 1. The van der Waals surface area contributed by atoms with E-state index in [1.165, 1.54) is 24.8 Å². The standard InChI is InChI=1S/C24H33NO4/c1-23-9-5-10-24(15-28-24)21(23)12-17-18(22(26)29-20(17)13-23)14-25-11-8-16-6-3-4-7-19(16)27-2/h3-4,6-7,17-18,20-21,25H,5,8-15H2,1-2H3. The molecular formula is C24H33NO4. The molecule has 158 valence electrons. The van der Waals surface area contributed by atoms with Gasteiger partial charge in [-0.15, -0.1) is 0 Å². The van der Waals surface area contributed by atoms with Crippen LogP contribution in [0.2, 0.25) is 0 Å². The lowest BCUT2D eigenvalue weighted by Gasteiger charge is -2.51. The molecule has 1 spiro atoms. The lowest BCUT2D eigenvalue weighted by molar-refractivity contribution is -0.147. The van der Waals surface area contributed by atoms with E-state index in [0.29, 0.717) is 18.4 Å². The molecule has 2 saturated carbocycles. The molecule has 5 heteroatoms. The number of para-hydroxylation sites is 1. The molecule has 2 aliphatic heterocycles. The quantitative estimate of drug-likeness (QED) is 0.452. The molecule has 1 aromatic carbocycles. The molecule has 0 amide bonds. The van der Waals surface area contributed by atoms with Crippen LogP contribution in [0.3, 0.4) is 0 Å². The van der Waals surface area contributed by atoms with Gasteiger partial charge in [-0.1, -0.05) is 25.1 Å². The van der Waals surface area contributed by atoms with Crippen molar-refractivity contribution in [2.45, 2.75) is 57.2 Å². The fourth-order valence-electron chi connectivity index (χ4n) is 6.58. The van der Waals surface area contributed by atoms with Gasteiger partial charge in [0, 0.05) is 12.5 Å². The predicted molar refractivity (Wildman–Crippen MR) is 110 cm³/mol. The van der Waals surface area contributed by atoms with E-state index in [0.717, 1.165) is 38.2 Å². The molecule has 0 bridgehead atoms. The fourth-order valence-corrected chi connectivity index (χ4v) is 6.58. The second kappa shape index (κ2) is 7.28. The Morgan fingerprint density at radius 1 is 1.28 bits per heavy atom. The van der Waals surface area contributed by atoms with Crippen LogP contribution in [0.15, 0.2) is 24.3 Å². The summed E-state index contributed by atoms with van der Waals surface area (Å²) in [6, 6.07) is 8.12. The number of rotatable bonds is 6. The van der Waals surface area contributed by atoms with Gasteiger partial charge in [-0.3, -0.25) is 4.79 Å². The number of carbonyl (C=O) groups is 1. The molecular weight excluding hydrogens is 366 g/mol. The summed E-state index contributed by atoms with van der Waals surface area (Å²) < 4.78 is 17.3. The van der Waals surface area contributed by atoms with Crippen LogP contribution in [0.5, 0.6) is 5.75 Å². The van der Waals surface area contributed by atoms with Crippen LogP contribution in [0.4, 0.5) is 0 Å². The van der Waals surface area contributed by atoms with Crippen molar-refractivity contribution in [3.05, 3.63) is 29.8 Å². The maximum atomic E-state index is 12.7. The molecule has 2 aliphatic carbocycles. The number of fused-ring (bicyclic) bond motifs is 3. The second-order valence-corrected chi connectivity index (χ2v) is 9.87. The first kappa shape index (κ1) is 19.4. The molecule has 4 fully saturated rings. The van der Waals surface area contributed by atoms with Crippen LogP contribution < -0.4 is 10.1 Å². The molecule has 2 saturated heterocycles. The number of hydrogen-bond acceptors (Lipinski definition) is 5. The summed E-state index contributed by atoms with van der Waals surface area (Å²) in [7, 11) is 1.71. The van der Waals surface area contributed by atoms with E-state index >= 15 is 0 Å². The summed E-state index contributed by atoms with van der Waals surface area (Å²) >= 11 is 0. The molecule has 1 N–H and O–H groups in total. The summed E-state index contributed by atoms with van der Waals surface area (Å²) in [6.07, 6.45) is 6.75. The third kappa shape index (κ3) is 3.36. The zero-order valence-corrected chi connectivity index (χ0v) is 17.6. The van der Waals surface area contributed by atoms with Crippen LogP contribution >= 0.6 is 0 Å². The van der Waals surface area contributed by atoms with Gasteiger partial charge in [-0.05, 0) is 68.0 Å². The van der Waals surface area contributed by atoms with Gasteiger partial charge >= 0.3 is 5.97 Å². The highest BCUT2D eigenvalue weighted by molar-refractivity contribution is 5.75. The molecule has 5 rings (SSSR count). The number of benzene rings is 1. The first-order valence-electron chi connectivity index (χ1n) is 11.2. The van der Waals surface area contributed by atoms with E-state index in [-0.39, 0.29) is 29.0 Å². The first-order chi connectivity index (χ1) is 14.0. The van der Waals surface area contributed by atoms with E-state index in [2.05, 4.69) is 18.3 Å². The van der Waals surface area contributed by atoms with Crippen molar-refractivity contribution in [1.82, 2.24) is 5.32 Å². The Hall–Kier alpha value is -1.59. The molecule has 4 aliphatic rings. The number of carbonyl (C=O) groups excluding carboxylic acids is 1. The fraction of sp³-hybridized carbons (Fsp3) is 0.708. The van der Waals surface area contributed by atoms with Crippen molar-refractivity contribution in [3.8, 4) is 5.75 Å². The average Bonchev–Trinajstić information content (AvgIpc) is 3.41. The zero-order valence-electron chi connectivity index (χ0n) is 17.6. The minimum absolute atomic E-state index is 0.00203. The van der Waals surface area contributed by atoms with Gasteiger partial charge in [0.2, 0.25) is 0 Å². The summed E-state index contributed by atoms with van der Waals surface area (Å²) in [5.41, 5.74) is 1.58. The van der Waals surface area contributed by atoms with Crippen molar-refractivity contribution in [2.24, 2.45) is 23.2 Å². The third-order valence-electron chi connectivity index (χ3n) is 8.21. The smallest absolute Gasteiger partial charge is 0.310 e. The number of epoxide rings is 1. The van der Waals surface area contributed by atoms with Crippen LogP contribution in [0, 0.1) is 23.2 Å². The van der Waals surface area contributed by atoms with E-state index in [1.807, 2.05) is 18.2 Å². The number of ether oxygens (including phenoxy) is 3. The van der Waals surface area contributed by atoms with Gasteiger partial charge < -0.3 is 19.5 Å². The van der Waals surface area contributed by atoms with Gasteiger partial charge in [0.15, 0.2) is 0 Å². The molecule has 0 aromatic heterocycles. The molecule has 0 radical (unpaired) electrons. The lowest BCUT2D eigenvalue weighted by Crippen LogP contribution is -2.51. The van der Waals surface area contributed by atoms with Crippen molar-refractivity contribution in [2.75, 3.05) is 26.8 Å². The summed E-state index contributed by atoms with van der Waals surface area (Å²) in [5.74, 6) is 1.81. The van der Waals surface area contributed by atoms with Crippen LogP contribution in [-0.4, -0.2) is 44.5 Å². The summed E-state index contributed by atoms with van der Waals surface area (Å²) in [5, 5.41) is 3.52. The highest BCUT2D eigenvalue weighted by Crippen LogP contribution is 2.62. The Kier molecular flexibility index (Phi) is 4.86. The molecule has 6 atom stereocenters. The van der Waals surface area contributed by atoms with E-state index in [1.54, 1.807) is 7.11 Å². The minimum atomic E-state index is -0.0278. The van der Waals surface area contributed by atoms with Gasteiger partial charge in [-0.25, -0.2) is 0 Å². The lowest BCUT2D eigenvalue weighted by atomic mass is 9.53. The van der Waals surface area contributed by atoms with Crippen LogP contribution in [-0.2, 0) is 20.7 Å². The maximum Gasteiger partial charge on any atom is 0.310 e. The Bertz CT molecular complexity index is 776. The number of nitrogens with one attached hydrogen (secondary N) is 1. The molecule has 5 nitrogen and oxygen atoms in total. The summed E-state index contributed by atoms with van der Waals surface area (Å²) in [4.78, 5) is 12.7. The second-order valence-electron chi connectivity index (χ2n) is 9.87. The number of methoxy groups -OCH3 is 1. The average molecular weight is 400 g/mol. The van der Waals surface area contributed by atoms with Gasteiger partial charge in [0.05, 0.1) is 25.2 Å². The largest absolute Gasteiger partial charge is 0.496 e. The monoisotopic (exact) mass is 399 g/mol. The van der Waals surface area contributed by atoms with Crippen molar-refractivity contribution >= 4 is 5.97 Å². The highest BCUT2D eigenvalue weighted by Gasteiger charge is 2.64. The van der Waals surface area contributed by atoms with Crippen molar-refractivity contribution in [1.29, 1.82) is 0 Å². The normalized spacial score (nSPS) is 40.3. The van der Waals surface area contributed by atoms with Crippen LogP contribution in [0.1, 0.15) is 44.6 Å². The van der Waals surface area contributed by atoms with Crippen molar-refractivity contribution < 1.29 is 19.0 Å². The van der Waals surface area contributed by atoms with E-state index < -0.39 is 0 Å². The first-order valence-corrected chi connectivity index (χ1v) is 11.2. The molecule has 1 aromatic rings. The number of hydrogen-bond donors (Lipinski definition) is 1. The molecule has 2 heterocycles. The minimum Gasteiger partial charge on any atom is -0.496 e. The Balaban J connectivity index is 1.21. The topological polar surface area (TPSA) is 60.1 Å². The van der Waals surface area contributed by atoms with Gasteiger partial charge in [-0.2, -0.15) is 0 Å². The maximum absolute atomic E-state index is 12.7. The van der Waals surface area contributed by atoms with Crippen molar-refractivity contribution in [3.63, 3.8) is 0 Å². The summed E-state index contributed by atoms with van der Waals surface area (Å²) in [6.45, 7) is 4.85. The zero-order chi connectivity index (χ0) is 20.1. The van der Waals surface area contributed by atoms with Gasteiger partial charge in [0.1, 0.15) is 11.9 Å². The SMILES string of the molecule is COc1ccccc1CCNCC1C(=O)OC2CC3(C)CCCC4(CO4)C3CC21. The van der Waals surface area contributed by atoms with Gasteiger partial charge in [0.25, 0.3) is 0 Å². The van der Waals surface area contributed by atoms with E-state index in [9.17, 15) is 4.79 Å². The highest BCUT2D eigenvalue weighted by atomic mass is 16.6. The Morgan fingerprint density at radius 2 is 2.10 bits per heavy atom. The third-order valence-corrected chi connectivity index (χ3v) is 8.21. The van der Waals surface area contributed by atoms with E-state index in [4.69, 9.17) is 14.2 Å². The molecule has 29 heavy (non-hydrogen) atoms. The molecule has 6 unspecified atom stereocenters. The van der Waals surface area contributed by atoms with Crippen LogP contribution in [0.25, 0.3) is 0 Å². The predicted octanol–water partition coefficient (Wildman–Crippen LogP) is 3.35.